The van der Waals surface area contributed by atoms with Gasteiger partial charge in [-0.15, -0.1) is 0 Å². The van der Waals surface area contributed by atoms with Crippen molar-refractivity contribution in [1.82, 2.24) is 14.9 Å². The summed E-state index contributed by atoms with van der Waals surface area (Å²) in [5.74, 6) is -0.444. The van der Waals surface area contributed by atoms with Gasteiger partial charge in [0.05, 0.1) is 10.9 Å². The number of H-pyrrole nitrogens is 1. The molecule has 1 amide bonds. The Balaban J connectivity index is 2.10. The molecular formula is C18H18ClN3O3. The van der Waals surface area contributed by atoms with E-state index in [2.05, 4.69) is 23.5 Å². The maximum absolute atomic E-state index is 12.4. The van der Waals surface area contributed by atoms with E-state index in [0.29, 0.717) is 28.9 Å². The number of rotatable bonds is 7. The van der Waals surface area contributed by atoms with Crippen LogP contribution in [0.25, 0.3) is 10.9 Å². The Morgan fingerprint density at radius 3 is 2.64 bits per heavy atom. The second kappa shape index (κ2) is 8.30. The van der Waals surface area contributed by atoms with Gasteiger partial charge in [0.1, 0.15) is 6.54 Å². The Hall–Kier alpha value is -2.86. The van der Waals surface area contributed by atoms with Crippen molar-refractivity contribution in [3.8, 4) is 0 Å². The summed E-state index contributed by atoms with van der Waals surface area (Å²) in [6.07, 6.45) is 3.55. The molecule has 2 rings (SSSR count). The molecule has 0 aliphatic carbocycles. The molecule has 0 spiro atoms. The molecule has 130 valence electrons. The number of aromatic nitrogens is 2. The number of carbonyl (C=O) groups excluding carboxylic acids is 1. The summed E-state index contributed by atoms with van der Waals surface area (Å²) < 4.78 is 0.874. The van der Waals surface area contributed by atoms with Crippen LogP contribution in [0.1, 0.15) is 6.42 Å². The summed E-state index contributed by atoms with van der Waals surface area (Å²) in [7, 11) is 0. The molecule has 0 aliphatic heterocycles. The quantitative estimate of drug-likeness (QED) is 0.742. The fourth-order valence-corrected chi connectivity index (χ4v) is 2.50. The summed E-state index contributed by atoms with van der Waals surface area (Å²) in [5, 5.41) is 3.47. The van der Waals surface area contributed by atoms with E-state index in [1.807, 2.05) is 0 Å². The number of nitrogens with one attached hydrogen (secondary N) is 2. The minimum absolute atomic E-state index is 0.296. The lowest BCUT2D eigenvalue weighted by Crippen LogP contribution is -2.40. The van der Waals surface area contributed by atoms with Crippen molar-refractivity contribution in [2.24, 2.45) is 0 Å². The average molecular weight is 360 g/mol. The van der Waals surface area contributed by atoms with Crippen molar-refractivity contribution in [3.05, 3.63) is 81.0 Å². The lowest BCUT2D eigenvalue weighted by molar-refractivity contribution is -0.121. The third kappa shape index (κ3) is 4.36. The van der Waals surface area contributed by atoms with Crippen molar-refractivity contribution in [2.75, 3.05) is 6.54 Å². The molecule has 0 aliphatic rings. The van der Waals surface area contributed by atoms with Crippen LogP contribution in [0.2, 0.25) is 0 Å². The molecule has 0 saturated heterocycles. The van der Waals surface area contributed by atoms with Crippen LogP contribution in [0.15, 0.2) is 69.8 Å². The molecule has 2 N–H and O–H groups in total. The normalized spacial score (nSPS) is 11.7. The number of nitrogens with zero attached hydrogens (tertiary/aromatic N) is 1. The molecule has 25 heavy (non-hydrogen) atoms. The minimum Gasteiger partial charge on any atom is -0.354 e. The molecule has 0 unspecified atom stereocenters. The predicted octanol–water partition coefficient (Wildman–Crippen LogP) is 2.06. The number of para-hydroxylation sites is 1. The molecule has 1 aromatic carbocycles. The standard InChI is InChI=1S/C18H18ClN3O3/c1-3-12(14(19)4-2)9-10-20-16(23)11-22-17(24)13-7-5-6-8-15(13)21-18(22)25/h3-8H,1-2,9-11H2,(H,20,23)(H,21,25)/b14-12-. The van der Waals surface area contributed by atoms with Crippen molar-refractivity contribution >= 4 is 28.4 Å². The number of aromatic amines is 1. The highest BCUT2D eigenvalue weighted by atomic mass is 35.5. The number of carbonyl (C=O) groups is 1. The van der Waals surface area contributed by atoms with Gasteiger partial charge < -0.3 is 10.3 Å². The number of benzene rings is 1. The molecule has 0 saturated carbocycles. The van der Waals surface area contributed by atoms with E-state index in [1.54, 1.807) is 30.3 Å². The third-order valence-electron chi connectivity index (χ3n) is 3.64. The van der Waals surface area contributed by atoms with E-state index < -0.39 is 17.2 Å². The molecule has 0 fully saturated rings. The maximum atomic E-state index is 12.4. The van der Waals surface area contributed by atoms with Gasteiger partial charge in [0, 0.05) is 11.6 Å². The number of halogens is 1. The van der Waals surface area contributed by atoms with E-state index in [9.17, 15) is 14.4 Å². The minimum atomic E-state index is -0.625. The Morgan fingerprint density at radius 2 is 1.96 bits per heavy atom. The summed E-state index contributed by atoms with van der Waals surface area (Å²) in [5.41, 5.74) is 0.0581. The Kier molecular flexibility index (Phi) is 6.14. The van der Waals surface area contributed by atoms with E-state index in [0.717, 1.165) is 10.1 Å². The lowest BCUT2D eigenvalue weighted by atomic mass is 10.1. The van der Waals surface area contributed by atoms with E-state index in [4.69, 9.17) is 11.6 Å². The van der Waals surface area contributed by atoms with Crippen LogP contribution in [0.3, 0.4) is 0 Å². The predicted molar refractivity (Wildman–Crippen MR) is 99.7 cm³/mol. The van der Waals surface area contributed by atoms with Gasteiger partial charge in [0.25, 0.3) is 5.56 Å². The number of allylic oxidation sites excluding steroid dienone is 3. The molecule has 6 nitrogen and oxygen atoms in total. The van der Waals surface area contributed by atoms with Gasteiger partial charge in [0.15, 0.2) is 0 Å². The first-order valence-electron chi connectivity index (χ1n) is 7.60. The summed E-state index contributed by atoms with van der Waals surface area (Å²) in [4.78, 5) is 39.0. The maximum Gasteiger partial charge on any atom is 0.329 e. The zero-order valence-corrected chi connectivity index (χ0v) is 14.3. The first-order chi connectivity index (χ1) is 12.0. The third-order valence-corrected chi connectivity index (χ3v) is 4.04. The highest BCUT2D eigenvalue weighted by Crippen LogP contribution is 2.14. The van der Waals surface area contributed by atoms with Gasteiger partial charge >= 0.3 is 5.69 Å². The number of fused-ring (bicyclic) bond motifs is 1. The first-order valence-corrected chi connectivity index (χ1v) is 7.97. The number of hydrogen-bond donors (Lipinski definition) is 2. The first kappa shape index (κ1) is 18.5. The van der Waals surface area contributed by atoms with Crippen molar-refractivity contribution in [1.29, 1.82) is 0 Å². The van der Waals surface area contributed by atoms with Gasteiger partial charge in [-0.05, 0) is 24.1 Å². The van der Waals surface area contributed by atoms with Crippen LogP contribution < -0.4 is 16.6 Å². The Bertz CT molecular complexity index is 969. The van der Waals surface area contributed by atoms with E-state index in [1.165, 1.54) is 6.08 Å². The van der Waals surface area contributed by atoms with Crippen LogP contribution in [-0.2, 0) is 11.3 Å². The highest BCUT2D eigenvalue weighted by molar-refractivity contribution is 6.31. The van der Waals surface area contributed by atoms with Gasteiger partial charge in [-0.25, -0.2) is 4.79 Å². The van der Waals surface area contributed by atoms with Gasteiger partial charge in [-0.3, -0.25) is 14.2 Å². The highest BCUT2D eigenvalue weighted by Gasteiger charge is 2.11. The van der Waals surface area contributed by atoms with E-state index >= 15 is 0 Å². The van der Waals surface area contributed by atoms with Gasteiger partial charge in [0.2, 0.25) is 5.91 Å². The van der Waals surface area contributed by atoms with Gasteiger partial charge in [-0.2, -0.15) is 0 Å². The Morgan fingerprint density at radius 1 is 1.24 bits per heavy atom. The fraction of sp³-hybridized carbons (Fsp3) is 0.167. The molecule has 1 heterocycles. The van der Waals surface area contributed by atoms with Gasteiger partial charge in [-0.1, -0.05) is 49.0 Å². The Labute approximate surface area is 149 Å². The van der Waals surface area contributed by atoms with E-state index in [-0.39, 0.29) is 6.54 Å². The van der Waals surface area contributed by atoms with Crippen molar-refractivity contribution < 1.29 is 4.79 Å². The molecule has 2 aromatic rings. The van der Waals surface area contributed by atoms with Crippen LogP contribution in [-0.4, -0.2) is 22.0 Å². The molecule has 0 atom stereocenters. The molecule has 7 heteroatoms. The molecule has 1 aromatic heterocycles. The smallest absolute Gasteiger partial charge is 0.329 e. The largest absolute Gasteiger partial charge is 0.354 e. The number of hydrogen-bond acceptors (Lipinski definition) is 3. The van der Waals surface area contributed by atoms with Crippen LogP contribution in [0, 0.1) is 0 Å². The molecular weight excluding hydrogens is 342 g/mol. The van der Waals surface area contributed by atoms with Crippen molar-refractivity contribution in [3.63, 3.8) is 0 Å². The topological polar surface area (TPSA) is 84.0 Å². The average Bonchev–Trinajstić information content (AvgIpc) is 2.61. The second-order valence-corrected chi connectivity index (χ2v) is 5.66. The van der Waals surface area contributed by atoms with Crippen molar-refractivity contribution in [2.45, 2.75) is 13.0 Å². The monoisotopic (exact) mass is 359 g/mol. The second-order valence-electron chi connectivity index (χ2n) is 5.25. The SMILES string of the molecule is C=C/C(Cl)=C(\C=C)CCNC(=O)Cn1c(=O)[nH]c2ccccc2c1=O. The van der Waals surface area contributed by atoms with Crippen LogP contribution in [0.4, 0.5) is 0 Å². The summed E-state index contributed by atoms with van der Waals surface area (Å²) in [6, 6.07) is 6.64. The molecule has 0 bridgehead atoms. The zero-order chi connectivity index (χ0) is 18.4. The fourth-order valence-electron chi connectivity index (χ4n) is 2.33. The summed E-state index contributed by atoms with van der Waals surface area (Å²) in [6.45, 7) is 7.16. The van der Waals surface area contributed by atoms with Crippen LogP contribution >= 0.6 is 11.6 Å². The summed E-state index contributed by atoms with van der Waals surface area (Å²) >= 11 is 5.96. The van der Waals surface area contributed by atoms with Crippen LogP contribution in [0.5, 0.6) is 0 Å². The lowest BCUT2D eigenvalue weighted by Gasteiger charge is -2.08. The molecule has 0 radical (unpaired) electrons. The number of amides is 1. The zero-order valence-electron chi connectivity index (χ0n) is 13.5.